The molecule has 4 N–H and O–H groups in total. The Morgan fingerprint density at radius 1 is 0.324 bits per heavy atom. The molecule has 0 fully saturated rings. The molecule has 34 heavy (non-hydrogen) atoms. The normalized spacial score (nSPS) is 11.2. The summed E-state index contributed by atoms with van der Waals surface area (Å²) in [7, 11) is 0. The molecule has 162 valence electrons. The van der Waals surface area contributed by atoms with Crippen LogP contribution in [-0.2, 0) is 0 Å². The Morgan fingerprint density at radius 3 is 1.15 bits per heavy atom. The van der Waals surface area contributed by atoms with Gasteiger partial charge >= 0.3 is 0 Å². The Kier molecular flexibility index (Phi) is 4.78. The van der Waals surface area contributed by atoms with Gasteiger partial charge in [-0.3, -0.25) is 0 Å². The Hall–Kier alpha value is -4.56. The summed E-state index contributed by atoms with van der Waals surface area (Å²) in [6.45, 7) is 0. The molecule has 0 radical (unpaired) electrons. The summed E-state index contributed by atoms with van der Waals surface area (Å²) in [4.78, 5) is 0. The summed E-state index contributed by atoms with van der Waals surface area (Å²) in [6, 6.07) is 42.0. The van der Waals surface area contributed by atoms with Crippen LogP contribution in [0.3, 0.4) is 0 Å². The van der Waals surface area contributed by atoms with Gasteiger partial charge in [0.2, 0.25) is 0 Å². The van der Waals surface area contributed by atoms with E-state index in [0.717, 1.165) is 44.4 Å². The number of benzene rings is 6. The molecule has 0 aromatic heterocycles. The first kappa shape index (κ1) is 20.1. The van der Waals surface area contributed by atoms with Gasteiger partial charge in [-0.1, -0.05) is 109 Å². The lowest BCUT2D eigenvalue weighted by Crippen LogP contribution is -1.94. The molecule has 6 aromatic carbocycles. The van der Waals surface area contributed by atoms with Crippen molar-refractivity contribution in [2.24, 2.45) is 0 Å². The maximum absolute atomic E-state index is 6.48. The van der Waals surface area contributed by atoms with Crippen LogP contribution >= 0.6 is 0 Å². The third-order valence-corrected chi connectivity index (χ3v) is 6.60. The van der Waals surface area contributed by atoms with Crippen LogP contribution in [0.25, 0.3) is 54.9 Å². The van der Waals surface area contributed by atoms with Crippen molar-refractivity contribution < 1.29 is 0 Å². The monoisotopic (exact) mass is 436 g/mol. The zero-order chi connectivity index (χ0) is 23.1. The van der Waals surface area contributed by atoms with E-state index in [9.17, 15) is 0 Å². The van der Waals surface area contributed by atoms with Gasteiger partial charge in [0, 0.05) is 22.5 Å². The smallest absolute Gasteiger partial charge is 0.0400 e. The number of rotatable bonds is 3. The molecule has 6 aromatic rings. The second kappa shape index (κ2) is 8.09. The van der Waals surface area contributed by atoms with Crippen molar-refractivity contribution in [1.29, 1.82) is 0 Å². The lowest BCUT2D eigenvalue weighted by molar-refractivity contribution is 1.62. The average molecular weight is 437 g/mol. The minimum Gasteiger partial charge on any atom is -0.398 e. The van der Waals surface area contributed by atoms with E-state index in [4.69, 9.17) is 11.5 Å². The minimum atomic E-state index is 0.785. The van der Waals surface area contributed by atoms with Gasteiger partial charge in [-0.2, -0.15) is 0 Å². The van der Waals surface area contributed by atoms with Gasteiger partial charge < -0.3 is 11.5 Å². The minimum absolute atomic E-state index is 0.785. The first-order valence-corrected chi connectivity index (χ1v) is 11.5. The van der Waals surface area contributed by atoms with Gasteiger partial charge in [0.1, 0.15) is 0 Å². The van der Waals surface area contributed by atoms with Crippen LogP contribution in [0.4, 0.5) is 11.4 Å². The highest BCUT2D eigenvalue weighted by molar-refractivity contribution is 6.14. The van der Waals surface area contributed by atoms with Crippen LogP contribution in [0.1, 0.15) is 0 Å². The van der Waals surface area contributed by atoms with Crippen LogP contribution in [0, 0.1) is 0 Å². The summed E-state index contributed by atoms with van der Waals surface area (Å²) in [5, 5.41) is 4.67. The van der Waals surface area contributed by atoms with Crippen molar-refractivity contribution in [3.05, 3.63) is 121 Å². The third kappa shape index (κ3) is 3.20. The molecule has 0 unspecified atom stereocenters. The highest BCUT2D eigenvalue weighted by Gasteiger charge is 2.15. The van der Waals surface area contributed by atoms with Crippen LogP contribution in [0.2, 0.25) is 0 Å². The van der Waals surface area contributed by atoms with E-state index in [-0.39, 0.29) is 0 Å². The molecule has 0 heterocycles. The van der Waals surface area contributed by atoms with Gasteiger partial charge in [-0.15, -0.1) is 0 Å². The van der Waals surface area contributed by atoms with Crippen molar-refractivity contribution >= 4 is 32.9 Å². The molecule has 0 aliphatic rings. The predicted octanol–water partition coefficient (Wildman–Crippen LogP) is 8.16. The molecule has 0 atom stereocenters. The molecule has 0 saturated heterocycles. The lowest BCUT2D eigenvalue weighted by Gasteiger charge is -2.17. The van der Waals surface area contributed by atoms with Gasteiger partial charge in [0.15, 0.2) is 0 Å². The van der Waals surface area contributed by atoms with Gasteiger partial charge in [0.25, 0.3) is 0 Å². The Morgan fingerprint density at radius 2 is 0.735 bits per heavy atom. The molecule has 0 aliphatic carbocycles. The molecule has 0 bridgehead atoms. The first-order chi connectivity index (χ1) is 16.7. The number of nitrogens with two attached hydrogens (primary N) is 2. The maximum atomic E-state index is 6.48. The fourth-order valence-electron chi connectivity index (χ4n) is 5.07. The predicted molar refractivity (Wildman–Crippen MR) is 147 cm³/mol. The topological polar surface area (TPSA) is 52.0 Å². The van der Waals surface area contributed by atoms with E-state index >= 15 is 0 Å². The largest absolute Gasteiger partial charge is 0.398 e. The molecular weight excluding hydrogens is 412 g/mol. The second-order valence-corrected chi connectivity index (χ2v) is 8.59. The van der Waals surface area contributed by atoms with Crippen molar-refractivity contribution in [3.63, 3.8) is 0 Å². The number of hydrogen-bond acceptors (Lipinski definition) is 2. The Balaban J connectivity index is 1.65. The van der Waals surface area contributed by atoms with Crippen LogP contribution in [-0.4, -0.2) is 0 Å². The molecule has 0 amide bonds. The van der Waals surface area contributed by atoms with Gasteiger partial charge in [0.05, 0.1) is 0 Å². The average Bonchev–Trinajstić information content (AvgIpc) is 2.89. The van der Waals surface area contributed by atoms with Crippen molar-refractivity contribution in [3.8, 4) is 33.4 Å². The van der Waals surface area contributed by atoms with E-state index in [2.05, 4.69) is 97.1 Å². The van der Waals surface area contributed by atoms with Crippen LogP contribution in [0.15, 0.2) is 121 Å². The molecule has 0 spiro atoms. The van der Waals surface area contributed by atoms with Gasteiger partial charge in [-0.05, 0) is 55.9 Å². The number of hydrogen-bond donors (Lipinski definition) is 2. The summed E-state index contributed by atoms with van der Waals surface area (Å²) in [5.74, 6) is 0. The summed E-state index contributed by atoms with van der Waals surface area (Å²) in [6.07, 6.45) is 0. The molecule has 6 rings (SSSR count). The highest BCUT2D eigenvalue weighted by atomic mass is 14.6. The zero-order valence-corrected chi connectivity index (χ0v) is 18.7. The highest BCUT2D eigenvalue weighted by Crippen LogP contribution is 2.42. The molecule has 0 saturated carbocycles. The van der Waals surface area contributed by atoms with E-state index < -0.39 is 0 Å². The molecular formula is C32H24N2. The fourth-order valence-corrected chi connectivity index (χ4v) is 5.07. The van der Waals surface area contributed by atoms with E-state index in [1.165, 1.54) is 21.9 Å². The van der Waals surface area contributed by atoms with Crippen molar-refractivity contribution in [2.75, 3.05) is 11.5 Å². The lowest BCUT2D eigenvalue weighted by atomic mass is 9.88. The molecule has 0 aliphatic heterocycles. The maximum Gasteiger partial charge on any atom is 0.0400 e. The van der Waals surface area contributed by atoms with Gasteiger partial charge in [-0.25, -0.2) is 0 Å². The SMILES string of the molecule is Nc1ccc2c(-c3cccc4c(-c5ccccc5)c(N)ccc34)cccc2c1-c1ccccc1. The number of nitrogen functional groups attached to an aromatic ring is 2. The summed E-state index contributed by atoms with van der Waals surface area (Å²) >= 11 is 0. The quantitative estimate of drug-likeness (QED) is 0.275. The molecule has 2 heteroatoms. The van der Waals surface area contributed by atoms with Crippen LogP contribution < -0.4 is 11.5 Å². The van der Waals surface area contributed by atoms with E-state index in [1.54, 1.807) is 0 Å². The number of fused-ring (bicyclic) bond motifs is 2. The van der Waals surface area contributed by atoms with E-state index in [0.29, 0.717) is 0 Å². The van der Waals surface area contributed by atoms with Crippen molar-refractivity contribution in [1.82, 2.24) is 0 Å². The fraction of sp³-hybridized carbons (Fsp3) is 0. The summed E-state index contributed by atoms with van der Waals surface area (Å²) < 4.78 is 0. The number of anilines is 2. The third-order valence-electron chi connectivity index (χ3n) is 6.60. The first-order valence-electron chi connectivity index (χ1n) is 11.5. The van der Waals surface area contributed by atoms with E-state index in [1.807, 2.05) is 24.3 Å². The van der Waals surface area contributed by atoms with Crippen LogP contribution in [0.5, 0.6) is 0 Å². The second-order valence-electron chi connectivity index (χ2n) is 8.59. The Labute approximate surface area is 199 Å². The summed E-state index contributed by atoms with van der Waals surface area (Å²) in [5.41, 5.74) is 21.3. The zero-order valence-electron chi connectivity index (χ0n) is 18.7. The molecule has 2 nitrogen and oxygen atoms in total. The Bertz CT molecular complexity index is 1530. The van der Waals surface area contributed by atoms with Crippen molar-refractivity contribution in [2.45, 2.75) is 0 Å². The standard InChI is InChI=1S/C32H24N2/c33-29-19-17-25-23(13-7-15-27(25)31(29)21-9-3-1-4-10-21)24-14-8-16-28-26(24)18-20-30(34)32(28)22-11-5-2-6-12-22/h1-20H,33-34H2.